The summed E-state index contributed by atoms with van der Waals surface area (Å²) in [5.74, 6) is 0. The van der Waals surface area contributed by atoms with Crippen molar-refractivity contribution in [2.45, 2.75) is 37.5 Å². The fourth-order valence-corrected chi connectivity index (χ4v) is 13.0. The molecule has 0 saturated heterocycles. The summed E-state index contributed by atoms with van der Waals surface area (Å²) in [6.07, 6.45) is 3.12. The molecule has 172 valence electrons. The Bertz CT molecular complexity index is 1260. The van der Waals surface area contributed by atoms with Gasteiger partial charge in [0.2, 0.25) is 7.29 Å². The molecular formula is C30H32NOPSi. The molecule has 2 nitrogen and oxygen atoms in total. The van der Waals surface area contributed by atoms with Crippen LogP contribution in [-0.2, 0) is 16.1 Å². The standard InChI is InChI=1S/C30H32NOPSi/c1-34(2,28-21-10-5-11-22-28)30(24-14-16-25-15-12-13-23-29(25)30)31-33(32,26-17-6-3-7-18-26)27-19-8-4-9-20-27/h3-13,15,17-23H,14,16,24H2,1-2H3,(H,31,32). The van der Waals surface area contributed by atoms with Crippen LogP contribution >= 0.6 is 7.29 Å². The highest BCUT2D eigenvalue weighted by Gasteiger charge is 2.54. The number of nitrogens with one attached hydrogen (secondary N) is 1. The molecule has 0 amide bonds. The minimum Gasteiger partial charge on any atom is -0.297 e. The summed E-state index contributed by atoms with van der Waals surface area (Å²) in [6, 6.07) is 39.7. The molecule has 1 N–H and O–H groups in total. The van der Waals surface area contributed by atoms with Gasteiger partial charge < -0.3 is 0 Å². The smallest absolute Gasteiger partial charge is 0.205 e. The lowest BCUT2D eigenvalue weighted by Crippen LogP contribution is -2.67. The van der Waals surface area contributed by atoms with Gasteiger partial charge >= 0.3 is 0 Å². The Kier molecular flexibility index (Phi) is 6.20. The third kappa shape index (κ3) is 3.82. The van der Waals surface area contributed by atoms with Crippen LogP contribution in [0, 0.1) is 0 Å². The first-order chi connectivity index (χ1) is 16.5. The molecule has 1 atom stereocenters. The molecule has 0 spiro atoms. The molecule has 0 radical (unpaired) electrons. The predicted molar refractivity (Wildman–Crippen MR) is 148 cm³/mol. The number of hydrogen-bond donors (Lipinski definition) is 1. The quantitative estimate of drug-likeness (QED) is 0.275. The van der Waals surface area contributed by atoms with E-state index < -0.39 is 15.4 Å². The molecule has 34 heavy (non-hydrogen) atoms. The van der Waals surface area contributed by atoms with E-state index in [1.165, 1.54) is 16.3 Å². The largest absolute Gasteiger partial charge is 0.297 e. The first-order valence-corrected chi connectivity index (χ1v) is 16.8. The lowest BCUT2D eigenvalue weighted by molar-refractivity contribution is 0.447. The highest BCUT2D eigenvalue weighted by molar-refractivity contribution is 7.77. The van der Waals surface area contributed by atoms with Gasteiger partial charge in [-0.15, -0.1) is 0 Å². The fourth-order valence-electron chi connectivity index (χ4n) is 5.66. The van der Waals surface area contributed by atoms with Crippen LogP contribution in [0.15, 0.2) is 115 Å². The molecule has 0 fully saturated rings. The van der Waals surface area contributed by atoms with Crippen molar-refractivity contribution in [1.82, 2.24) is 5.09 Å². The van der Waals surface area contributed by atoms with Crippen molar-refractivity contribution in [1.29, 1.82) is 0 Å². The van der Waals surface area contributed by atoms with Gasteiger partial charge in [0, 0.05) is 15.8 Å². The predicted octanol–water partition coefficient (Wildman–Crippen LogP) is 5.89. The zero-order valence-corrected chi connectivity index (χ0v) is 21.8. The van der Waals surface area contributed by atoms with Crippen LogP contribution in [0.1, 0.15) is 24.0 Å². The fraction of sp³-hybridized carbons (Fsp3) is 0.200. The molecule has 0 bridgehead atoms. The van der Waals surface area contributed by atoms with Crippen LogP contribution in [0.3, 0.4) is 0 Å². The lowest BCUT2D eigenvalue weighted by Gasteiger charge is -2.51. The second-order valence-corrected chi connectivity index (χ2v) is 17.0. The van der Waals surface area contributed by atoms with Crippen molar-refractivity contribution < 1.29 is 4.57 Å². The first kappa shape index (κ1) is 23.0. The lowest BCUT2D eigenvalue weighted by atomic mass is 9.87. The maximum atomic E-state index is 15.3. The monoisotopic (exact) mass is 481 g/mol. The minimum absolute atomic E-state index is 0.371. The Morgan fingerprint density at radius 1 is 0.706 bits per heavy atom. The van der Waals surface area contributed by atoms with E-state index in [1.807, 2.05) is 60.7 Å². The second kappa shape index (κ2) is 9.15. The van der Waals surface area contributed by atoms with Crippen LogP contribution in [0.5, 0.6) is 0 Å². The third-order valence-electron chi connectivity index (χ3n) is 7.63. The van der Waals surface area contributed by atoms with Gasteiger partial charge in [0.05, 0.1) is 0 Å². The molecule has 1 aliphatic carbocycles. The summed E-state index contributed by atoms with van der Waals surface area (Å²) in [5.41, 5.74) is 2.71. The molecular weight excluding hydrogens is 449 g/mol. The van der Waals surface area contributed by atoms with E-state index in [1.54, 1.807) is 0 Å². The average molecular weight is 482 g/mol. The van der Waals surface area contributed by atoms with E-state index in [4.69, 9.17) is 0 Å². The number of benzene rings is 4. The summed E-state index contributed by atoms with van der Waals surface area (Å²) in [7, 11) is -5.38. The maximum absolute atomic E-state index is 15.3. The normalized spacial score (nSPS) is 18.3. The summed E-state index contributed by atoms with van der Waals surface area (Å²) >= 11 is 0. The van der Waals surface area contributed by atoms with Crippen LogP contribution in [-0.4, -0.2) is 8.07 Å². The number of rotatable bonds is 6. The third-order valence-corrected chi connectivity index (χ3v) is 15.1. The van der Waals surface area contributed by atoms with Gasteiger partial charge in [-0.25, -0.2) is 0 Å². The van der Waals surface area contributed by atoms with Crippen molar-refractivity contribution in [2.24, 2.45) is 0 Å². The summed E-state index contributed by atoms with van der Waals surface area (Å²) in [4.78, 5) is 0. The molecule has 0 aromatic heterocycles. The van der Waals surface area contributed by atoms with Gasteiger partial charge in [-0.2, -0.15) is 0 Å². The molecule has 4 aromatic rings. The van der Waals surface area contributed by atoms with E-state index in [0.29, 0.717) is 0 Å². The highest BCUT2D eigenvalue weighted by Crippen LogP contribution is 2.50. The topological polar surface area (TPSA) is 29.1 Å². The number of aryl methyl sites for hydroxylation is 1. The Hall–Kier alpha value is -2.71. The Morgan fingerprint density at radius 2 is 1.21 bits per heavy atom. The molecule has 5 rings (SSSR count). The van der Waals surface area contributed by atoms with Crippen molar-refractivity contribution in [3.05, 3.63) is 126 Å². The summed E-state index contributed by atoms with van der Waals surface area (Å²) in [6.45, 7) is 4.88. The molecule has 1 unspecified atom stereocenters. The van der Waals surface area contributed by atoms with E-state index in [0.717, 1.165) is 29.9 Å². The van der Waals surface area contributed by atoms with Gasteiger partial charge in [-0.3, -0.25) is 9.65 Å². The van der Waals surface area contributed by atoms with Crippen molar-refractivity contribution in [3.8, 4) is 0 Å². The molecule has 4 heteroatoms. The van der Waals surface area contributed by atoms with E-state index in [9.17, 15) is 0 Å². The van der Waals surface area contributed by atoms with Crippen LogP contribution in [0.4, 0.5) is 0 Å². The molecule has 0 aliphatic heterocycles. The maximum Gasteiger partial charge on any atom is 0.205 e. The van der Waals surface area contributed by atoms with Gasteiger partial charge in [-0.05, 0) is 54.7 Å². The second-order valence-electron chi connectivity index (χ2n) is 9.80. The van der Waals surface area contributed by atoms with Crippen molar-refractivity contribution in [2.75, 3.05) is 0 Å². The summed E-state index contributed by atoms with van der Waals surface area (Å²) in [5, 5.41) is 6.73. The Balaban J connectivity index is 1.78. The van der Waals surface area contributed by atoms with Crippen LogP contribution in [0.2, 0.25) is 13.1 Å². The van der Waals surface area contributed by atoms with Gasteiger partial charge in [0.15, 0.2) is 0 Å². The zero-order valence-electron chi connectivity index (χ0n) is 19.9. The Morgan fingerprint density at radius 3 is 1.79 bits per heavy atom. The van der Waals surface area contributed by atoms with E-state index in [-0.39, 0.29) is 5.16 Å². The average Bonchev–Trinajstić information content (AvgIpc) is 2.90. The highest BCUT2D eigenvalue weighted by atomic mass is 31.2. The SMILES string of the molecule is C[Si](C)(c1ccccc1)C1(NP(=O)(c2ccccc2)c2ccccc2)CCCc2ccccc21. The van der Waals surface area contributed by atoms with Gasteiger partial charge in [0.1, 0.15) is 8.07 Å². The van der Waals surface area contributed by atoms with E-state index >= 15 is 4.57 Å². The van der Waals surface area contributed by atoms with Crippen LogP contribution < -0.4 is 20.9 Å². The molecule has 0 saturated carbocycles. The van der Waals surface area contributed by atoms with Gasteiger partial charge in [0.25, 0.3) is 0 Å². The molecule has 0 heterocycles. The van der Waals surface area contributed by atoms with Crippen molar-refractivity contribution >= 4 is 31.2 Å². The van der Waals surface area contributed by atoms with Crippen molar-refractivity contribution in [3.63, 3.8) is 0 Å². The van der Waals surface area contributed by atoms with Gasteiger partial charge in [-0.1, -0.05) is 109 Å². The first-order valence-electron chi connectivity index (χ1n) is 12.1. The number of fused-ring (bicyclic) bond motifs is 1. The molecule has 4 aromatic carbocycles. The summed E-state index contributed by atoms with van der Waals surface area (Å²) < 4.78 is 15.3. The van der Waals surface area contributed by atoms with E-state index in [2.05, 4.69) is 72.8 Å². The van der Waals surface area contributed by atoms with Crippen LogP contribution in [0.25, 0.3) is 0 Å². The minimum atomic E-state index is -3.15. The molecule has 1 aliphatic rings. The zero-order chi connectivity index (χ0) is 23.7. The number of hydrogen-bond acceptors (Lipinski definition) is 1. The Labute approximate surface area is 204 Å².